The summed E-state index contributed by atoms with van der Waals surface area (Å²) in [5.41, 5.74) is 15.6. The zero-order valence-corrected chi connectivity index (χ0v) is 33.3. The molecule has 10 rings (SSSR count). The van der Waals surface area contributed by atoms with Crippen molar-refractivity contribution in [3.05, 3.63) is 235 Å². The van der Waals surface area contributed by atoms with Crippen LogP contribution in [0.4, 0.5) is 17.1 Å². The number of hydrogen-bond acceptors (Lipinski definition) is 1. The van der Waals surface area contributed by atoms with Crippen molar-refractivity contribution in [3.63, 3.8) is 0 Å². The molecule has 0 amide bonds. The largest absolute Gasteiger partial charge is 0.310 e. The number of rotatable bonds is 8. The Bertz CT molecular complexity index is 3050. The molecule has 0 aliphatic rings. The Morgan fingerprint density at radius 3 is 1.22 bits per heavy atom. The first-order valence-electron chi connectivity index (χ1n) is 20.4. The molecule has 0 aromatic heterocycles. The van der Waals surface area contributed by atoms with Gasteiger partial charge in [0.15, 0.2) is 0 Å². The number of aryl methyl sites for hydroxylation is 2. The quantitative estimate of drug-likeness (QED) is 0.110. The Balaban J connectivity index is 0.973. The molecule has 0 atom stereocenters. The molecular formula is C58H43N. The first-order chi connectivity index (χ1) is 29.1. The van der Waals surface area contributed by atoms with Gasteiger partial charge in [-0.3, -0.25) is 0 Å². The van der Waals surface area contributed by atoms with Crippen molar-refractivity contribution in [1.29, 1.82) is 0 Å². The lowest BCUT2D eigenvalue weighted by Gasteiger charge is -2.26. The van der Waals surface area contributed by atoms with Gasteiger partial charge in [0.25, 0.3) is 0 Å². The molecule has 0 N–H and O–H groups in total. The Kier molecular flexibility index (Phi) is 9.41. The van der Waals surface area contributed by atoms with Gasteiger partial charge in [-0.1, -0.05) is 182 Å². The molecule has 0 unspecified atom stereocenters. The van der Waals surface area contributed by atoms with Crippen LogP contribution in [0.3, 0.4) is 0 Å². The van der Waals surface area contributed by atoms with Crippen molar-refractivity contribution >= 4 is 61.5 Å². The Morgan fingerprint density at radius 2 is 0.729 bits per heavy atom. The van der Waals surface area contributed by atoms with Gasteiger partial charge >= 0.3 is 0 Å². The maximum absolute atomic E-state index is 2.35. The van der Waals surface area contributed by atoms with Gasteiger partial charge in [0.1, 0.15) is 0 Å². The average Bonchev–Trinajstić information content (AvgIpc) is 3.28. The molecule has 0 heterocycles. The molecule has 59 heavy (non-hydrogen) atoms. The summed E-state index contributed by atoms with van der Waals surface area (Å²) in [5.74, 6) is 0. The van der Waals surface area contributed by atoms with Gasteiger partial charge in [-0.15, -0.1) is 0 Å². The molecule has 1 nitrogen and oxygen atoms in total. The molecule has 0 saturated carbocycles. The van der Waals surface area contributed by atoms with E-state index in [-0.39, 0.29) is 0 Å². The highest BCUT2D eigenvalue weighted by atomic mass is 15.1. The standard InChI is InChI=1S/C58H43N/c1-40-11-9-15-51(37-40)59(52-16-10-12-41(2)38-52)50-35-33-47(34-36-50)58-55-19-7-5-17-53(55)57(54-18-6-8-20-56(54)58)46-29-25-43(26-30-46)22-21-42-23-27-45(28-24-42)49-32-31-44-13-3-4-14-48(44)39-49/h3-39H,1-2H3/b22-21+. The summed E-state index contributed by atoms with van der Waals surface area (Å²) < 4.78 is 0. The monoisotopic (exact) mass is 753 g/mol. The minimum Gasteiger partial charge on any atom is -0.310 e. The lowest BCUT2D eigenvalue weighted by atomic mass is 9.86. The highest BCUT2D eigenvalue weighted by Gasteiger charge is 2.18. The van der Waals surface area contributed by atoms with E-state index in [1.54, 1.807) is 0 Å². The lowest BCUT2D eigenvalue weighted by molar-refractivity contribution is 1.26. The predicted molar refractivity (Wildman–Crippen MR) is 255 cm³/mol. The summed E-state index contributed by atoms with van der Waals surface area (Å²) in [6.45, 7) is 4.31. The molecular weight excluding hydrogens is 711 g/mol. The number of nitrogens with zero attached hydrogens (tertiary/aromatic N) is 1. The van der Waals surface area contributed by atoms with Gasteiger partial charge in [-0.05, 0) is 144 Å². The van der Waals surface area contributed by atoms with Gasteiger partial charge in [0.05, 0.1) is 0 Å². The van der Waals surface area contributed by atoms with Crippen molar-refractivity contribution in [2.24, 2.45) is 0 Å². The minimum absolute atomic E-state index is 1.13. The molecule has 280 valence electrons. The van der Waals surface area contributed by atoms with E-state index in [4.69, 9.17) is 0 Å². The fourth-order valence-corrected chi connectivity index (χ4v) is 8.62. The average molecular weight is 754 g/mol. The van der Waals surface area contributed by atoms with Crippen LogP contribution < -0.4 is 4.90 Å². The molecule has 0 fully saturated rings. The van der Waals surface area contributed by atoms with Crippen LogP contribution in [0.2, 0.25) is 0 Å². The van der Waals surface area contributed by atoms with Crippen LogP contribution in [0.1, 0.15) is 22.3 Å². The van der Waals surface area contributed by atoms with Crippen molar-refractivity contribution < 1.29 is 0 Å². The molecule has 10 aromatic rings. The molecule has 10 aromatic carbocycles. The summed E-state index contributed by atoms with van der Waals surface area (Å²) in [5, 5.41) is 7.53. The van der Waals surface area contributed by atoms with Gasteiger partial charge in [0, 0.05) is 17.1 Å². The highest BCUT2D eigenvalue weighted by Crippen LogP contribution is 2.45. The predicted octanol–water partition coefficient (Wildman–Crippen LogP) is 16.4. The molecule has 0 aliphatic carbocycles. The fraction of sp³-hybridized carbons (Fsp3) is 0.0345. The number of benzene rings is 10. The molecule has 0 radical (unpaired) electrons. The van der Waals surface area contributed by atoms with Crippen molar-refractivity contribution in [2.45, 2.75) is 13.8 Å². The molecule has 0 aliphatic heterocycles. The Morgan fingerprint density at radius 1 is 0.305 bits per heavy atom. The van der Waals surface area contributed by atoms with E-state index in [0.29, 0.717) is 0 Å². The number of hydrogen-bond donors (Lipinski definition) is 0. The molecule has 0 spiro atoms. The fourth-order valence-electron chi connectivity index (χ4n) is 8.62. The smallest absolute Gasteiger partial charge is 0.0464 e. The van der Waals surface area contributed by atoms with Gasteiger partial charge < -0.3 is 4.90 Å². The minimum atomic E-state index is 1.13. The van der Waals surface area contributed by atoms with Crippen molar-refractivity contribution in [1.82, 2.24) is 0 Å². The summed E-state index contributed by atoms with van der Waals surface area (Å²) in [4.78, 5) is 2.35. The molecule has 1 heteroatoms. The van der Waals surface area contributed by atoms with E-state index >= 15 is 0 Å². The van der Waals surface area contributed by atoms with Crippen LogP contribution in [0.15, 0.2) is 212 Å². The second kappa shape index (κ2) is 15.5. The first-order valence-corrected chi connectivity index (χ1v) is 20.4. The number of anilines is 3. The van der Waals surface area contributed by atoms with Gasteiger partial charge in [-0.25, -0.2) is 0 Å². The van der Waals surface area contributed by atoms with E-state index in [2.05, 4.69) is 243 Å². The zero-order valence-electron chi connectivity index (χ0n) is 33.3. The maximum Gasteiger partial charge on any atom is 0.0464 e. The van der Waals surface area contributed by atoms with E-state index in [1.807, 2.05) is 0 Å². The van der Waals surface area contributed by atoms with Crippen LogP contribution in [-0.2, 0) is 0 Å². The summed E-state index contributed by atoms with van der Waals surface area (Å²) in [6.07, 6.45) is 4.40. The summed E-state index contributed by atoms with van der Waals surface area (Å²) in [7, 11) is 0. The first kappa shape index (κ1) is 35.9. The topological polar surface area (TPSA) is 3.24 Å². The zero-order chi connectivity index (χ0) is 39.7. The summed E-state index contributed by atoms with van der Waals surface area (Å²) >= 11 is 0. The van der Waals surface area contributed by atoms with Crippen molar-refractivity contribution in [3.8, 4) is 33.4 Å². The van der Waals surface area contributed by atoms with E-state index < -0.39 is 0 Å². The van der Waals surface area contributed by atoms with E-state index in [9.17, 15) is 0 Å². The SMILES string of the molecule is Cc1cccc(N(c2ccc(-c3c4ccccc4c(-c4ccc(/C=C/c5ccc(-c6ccc7ccccc7c6)cc5)cc4)c4ccccc34)cc2)c2cccc(C)c2)c1. The van der Waals surface area contributed by atoms with Gasteiger partial charge in [0.2, 0.25) is 0 Å². The third-order valence-corrected chi connectivity index (χ3v) is 11.5. The van der Waals surface area contributed by atoms with E-state index in [0.717, 1.165) is 17.1 Å². The Labute approximate surface area is 346 Å². The highest BCUT2D eigenvalue weighted by molar-refractivity contribution is 6.21. The van der Waals surface area contributed by atoms with Crippen LogP contribution in [0.5, 0.6) is 0 Å². The molecule has 0 saturated heterocycles. The molecule has 0 bridgehead atoms. The van der Waals surface area contributed by atoms with Crippen LogP contribution in [-0.4, -0.2) is 0 Å². The third kappa shape index (κ3) is 7.09. The normalized spacial score (nSPS) is 11.5. The van der Waals surface area contributed by atoms with Crippen LogP contribution >= 0.6 is 0 Å². The van der Waals surface area contributed by atoms with Crippen molar-refractivity contribution in [2.75, 3.05) is 4.90 Å². The Hall–Kier alpha value is -7.48. The second-order valence-corrected chi connectivity index (χ2v) is 15.5. The van der Waals surface area contributed by atoms with E-state index in [1.165, 1.54) is 88.0 Å². The third-order valence-electron chi connectivity index (χ3n) is 11.5. The van der Waals surface area contributed by atoms with Gasteiger partial charge in [-0.2, -0.15) is 0 Å². The maximum atomic E-state index is 2.35. The summed E-state index contributed by atoms with van der Waals surface area (Å²) in [6, 6.07) is 77.4. The van der Waals surface area contributed by atoms with Crippen LogP contribution in [0.25, 0.3) is 77.9 Å². The number of fused-ring (bicyclic) bond motifs is 3. The van der Waals surface area contributed by atoms with Crippen LogP contribution in [0, 0.1) is 13.8 Å². The lowest BCUT2D eigenvalue weighted by Crippen LogP contribution is -2.10. The second-order valence-electron chi connectivity index (χ2n) is 15.5.